The fraction of sp³-hybridized carbons (Fsp3) is 0.455. The van der Waals surface area contributed by atoms with Crippen LogP contribution < -0.4 is 0 Å². The van der Waals surface area contributed by atoms with E-state index >= 15 is 0 Å². The normalized spacial score (nSPS) is 13.6. The molecule has 0 amide bonds. The van der Waals surface area contributed by atoms with Gasteiger partial charge in [-0.05, 0) is 12.0 Å². The molecule has 2 nitrogen and oxygen atoms in total. The van der Waals surface area contributed by atoms with E-state index in [2.05, 4.69) is 25.6 Å². The summed E-state index contributed by atoms with van der Waals surface area (Å²) in [5, 5.41) is 0. The standard InChI is InChI=1S/C11H18O2Si/c1-3-11(13-14-2)12-9-10-7-5-4-6-8-10/h4-8,11H,3,9,14H2,1-2H3. The summed E-state index contributed by atoms with van der Waals surface area (Å²) >= 11 is 0. The highest BCUT2D eigenvalue weighted by molar-refractivity contribution is 6.24. The lowest BCUT2D eigenvalue weighted by atomic mass is 10.2. The van der Waals surface area contributed by atoms with E-state index in [4.69, 9.17) is 9.16 Å². The summed E-state index contributed by atoms with van der Waals surface area (Å²) in [6.07, 6.45) is 0.917. The average molecular weight is 210 g/mol. The summed E-state index contributed by atoms with van der Waals surface area (Å²) in [4.78, 5) is 0. The number of rotatable bonds is 6. The van der Waals surface area contributed by atoms with E-state index in [-0.39, 0.29) is 16.1 Å². The molecular weight excluding hydrogens is 192 g/mol. The van der Waals surface area contributed by atoms with Gasteiger partial charge in [-0.3, -0.25) is 0 Å². The third kappa shape index (κ3) is 4.04. The monoisotopic (exact) mass is 210 g/mol. The third-order valence-electron chi connectivity index (χ3n) is 1.96. The van der Waals surface area contributed by atoms with Crippen molar-refractivity contribution in [2.24, 2.45) is 0 Å². The first kappa shape index (κ1) is 11.4. The van der Waals surface area contributed by atoms with Gasteiger partial charge in [0.15, 0.2) is 9.76 Å². The van der Waals surface area contributed by atoms with Crippen molar-refractivity contribution in [2.45, 2.75) is 32.8 Å². The third-order valence-corrected chi connectivity index (χ3v) is 2.67. The quantitative estimate of drug-likeness (QED) is 0.529. The average Bonchev–Trinajstić information content (AvgIpc) is 2.25. The SMILES string of the molecule is CCC(OCc1ccccc1)O[SiH2]C. The van der Waals surface area contributed by atoms with Crippen molar-refractivity contribution in [1.82, 2.24) is 0 Å². The van der Waals surface area contributed by atoms with E-state index in [0.29, 0.717) is 6.61 Å². The van der Waals surface area contributed by atoms with Gasteiger partial charge in [0.1, 0.15) is 6.29 Å². The van der Waals surface area contributed by atoms with Crippen molar-refractivity contribution in [2.75, 3.05) is 0 Å². The predicted molar refractivity (Wildman–Crippen MR) is 60.8 cm³/mol. The van der Waals surface area contributed by atoms with Gasteiger partial charge in [-0.1, -0.05) is 43.8 Å². The molecule has 0 aliphatic carbocycles. The summed E-state index contributed by atoms with van der Waals surface area (Å²) in [5.41, 5.74) is 1.20. The lowest BCUT2D eigenvalue weighted by Gasteiger charge is -2.16. The molecule has 0 saturated heterocycles. The lowest BCUT2D eigenvalue weighted by molar-refractivity contribution is -0.0897. The molecule has 0 saturated carbocycles. The second-order valence-electron chi connectivity index (χ2n) is 3.09. The minimum absolute atomic E-state index is 0.00753. The maximum absolute atomic E-state index is 5.63. The topological polar surface area (TPSA) is 18.5 Å². The van der Waals surface area contributed by atoms with Crippen LogP contribution >= 0.6 is 0 Å². The minimum Gasteiger partial charge on any atom is -0.400 e. The molecule has 1 aromatic carbocycles. The van der Waals surface area contributed by atoms with Crippen molar-refractivity contribution in [3.05, 3.63) is 35.9 Å². The van der Waals surface area contributed by atoms with Crippen LogP contribution in [0.4, 0.5) is 0 Å². The lowest BCUT2D eigenvalue weighted by Crippen LogP contribution is -2.17. The fourth-order valence-electron chi connectivity index (χ4n) is 1.23. The molecule has 0 fully saturated rings. The Balaban J connectivity index is 2.32. The molecule has 0 bridgehead atoms. The first-order valence-corrected chi connectivity index (χ1v) is 7.13. The molecule has 3 heteroatoms. The Hall–Kier alpha value is -0.643. The van der Waals surface area contributed by atoms with Crippen LogP contribution in [0.25, 0.3) is 0 Å². The van der Waals surface area contributed by atoms with Crippen LogP contribution in [-0.2, 0) is 15.8 Å². The summed E-state index contributed by atoms with van der Waals surface area (Å²) in [7, 11) is -0.370. The first-order valence-electron chi connectivity index (χ1n) is 5.14. The Kier molecular flexibility index (Phi) is 5.52. The van der Waals surface area contributed by atoms with E-state index in [1.807, 2.05) is 18.2 Å². The van der Waals surface area contributed by atoms with Gasteiger partial charge in [0.05, 0.1) is 6.61 Å². The molecule has 14 heavy (non-hydrogen) atoms. The smallest absolute Gasteiger partial charge is 0.161 e. The summed E-state index contributed by atoms with van der Waals surface area (Å²) in [6, 6.07) is 10.2. The van der Waals surface area contributed by atoms with E-state index in [0.717, 1.165) is 6.42 Å². The zero-order valence-electron chi connectivity index (χ0n) is 8.90. The van der Waals surface area contributed by atoms with Crippen molar-refractivity contribution in [3.8, 4) is 0 Å². The maximum atomic E-state index is 5.63. The molecule has 1 rings (SSSR count). The van der Waals surface area contributed by atoms with E-state index in [9.17, 15) is 0 Å². The van der Waals surface area contributed by atoms with Crippen LogP contribution in [0.2, 0.25) is 6.55 Å². The van der Waals surface area contributed by atoms with Gasteiger partial charge in [0, 0.05) is 0 Å². The van der Waals surface area contributed by atoms with Gasteiger partial charge < -0.3 is 9.16 Å². The Labute approximate surface area is 88.2 Å². The van der Waals surface area contributed by atoms with Crippen LogP contribution in [0.3, 0.4) is 0 Å². The van der Waals surface area contributed by atoms with Gasteiger partial charge in [-0.2, -0.15) is 0 Å². The number of benzene rings is 1. The molecular formula is C11H18O2Si. The predicted octanol–water partition coefficient (Wildman–Crippen LogP) is 2.09. The Morgan fingerprint density at radius 2 is 2.00 bits per heavy atom. The molecule has 0 N–H and O–H groups in total. The number of hydrogen-bond donors (Lipinski definition) is 0. The maximum Gasteiger partial charge on any atom is 0.161 e. The van der Waals surface area contributed by atoms with E-state index in [1.54, 1.807) is 0 Å². The molecule has 0 aliphatic heterocycles. The van der Waals surface area contributed by atoms with Crippen molar-refractivity contribution < 1.29 is 9.16 Å². The highest BCUT2D eigenvalue weighted by atomic mass is 28.2. The Morgan fingerprint density at radius 3 is 2.57 bits per heavy atom. The summed E-state index contributed by atoms with van der Waals surface area (Å²) in [5.74, 6) is 0. The van der Waals surface area contributed by atoms with E-state index < -0.39 is 0 Å². The molecule has 78 valence electrons. The molecule has 0 aromatic heterocycles. The van der Waals surface area contributed by atoms with Gasteiger partial charge >= 0.3 is 0 Å². The first-order chi connectivity index (χ1) is 6.86. The van der Waals surface area contributed by atoms with Gasteiger partial charge in [0.2, 0.25) is 0 Å². The zero-order chi connectivity index (χ0) is 10.2. The summed E-state index contributed by atoms with van der Waals surface area (Å²) < 4.78 is 11.2. The van der Waals surface area contributed by atoms with Crippen molar-refractivity contribution in [3.63, 3.8) is 0 Å². The van der Waals surface area contributed by atoms with Gasteiger partial charge in [-0.25, -0.2) is 0 Å². The van der Waals surface area contributed by atoms with Crippen LogP contribution in [0, 0.1) is 0 Å². The molecule has 1 atom stereocenters. The molecule has 0 spiro atoms. The molecule has 0 heterocycles. The minimum atomic E-state index is -0.370. The molecule has 0 aliphatic rings. The second kappa shape index (κ2) is 6.76. The fourth-order valence-corrected chi connectivity index (χ4v) is 1.94. The molecule has 1 aromatic rings. The molecule has 0 radical (unpaired) electrons. The largest absolute Gasteiger partial charge is 0.400 e. The highest BCUT2D eigenvalue weighted by Crippen LogP contribution is 2.06. The highest BCUT2D eigenvalue weighted by Gasteiger charge is 2.04. The zero-order valence-corrected chi connectivity index (χ0v) is 10.3. The molecule has 1 unspecified atom stereocenters. The van der Waals surface area contributed by atoms with Crippen LogP contribution in [0.15, 0.2) is 30.3 Å². The van der Waals surface area contributed by atoms with Crippen LogP contribution in [0.5, 0.6) is 0 Å². The van der Waals surface area contributed by atoms with Crippen LogP contribution in [-0.4, -0.2) is 16.1 Å². The Bertz CT molecular complexity index is 238. The number of ether oxygens (including phenoxy) is 1. The Morgan fingerprint density at radius 1 is 1.29 bits per heavy atom. The second-order valence-corrected chi connectivity index (χ2v) is 4.00. The van der Waals surface area contributed by atoms with Crippen molar-refractivity contribution >= 4 is 9.76 Å². The van der Waals surface area contributed by atoms with Crippen LogP contribution in [0.1, 0.15) is 18.9 Å². The van der Waals surface area contributed by atoms with Gasteiger partial charge in [0.25, 0.3) is 0 Å². The van der Waals surface area contributed by atoms with Gasteiger partial charge in [-0.15, -0.1) is 0 Å². The van der Waals surface area contributed by atoms with E-state index in [1.165, 1.54) is 5.56 Å². The van der Waals surface area contributed by atoms with Crippen molar-refractivity contribution in [1.29, 1.82) is 0 Å². The summed E-state index contributed by atoms with van der Waals surface area (Å²) in [6.45, 7) is 4.85. The number of hydrogen-bond acceptors (Lipinski definition) is 2.